The fourth-order valence-corrected chi connectivity index (χ4v) is 1.88. The highest BCUT2D eigenvalue weighted by atomic mass is 32.1. The van der Waals surface area contributed by atoms with Crippen molar-refractivity contribution in [3.8, 4) is 0 Å². The first-order chi connectivity index (χ1) is 8.52. The molecule has 1 aromatic rings. The summed E-state index contributed by atoms with van der Waals surface area (Å²) in [7, 11) is 0. The Morgan fingerprint density at radius 2 is 2.06 bits per heavy atom. The molecule has 1 aromatic heterocycles. The Balaban J connectivity index is 2.46. The molecular weight excluding hydrogens is 256 g/mol. The zero-order chi connectivity index (χ0) is 13.5. The Bertz CT molecular complexity index is 493. The van der Waals surface area contributed by atoms with E-state index in [1.165, 1.54) is 11.3 Å². The molecule has 96 valence electrons. The molecule has 3 N–H and O–H groups in total. The molecule has 0 aliphatic carbocycles. The number of rotatable bonds is 4. The van der Waals surface area contributed by atoms with Crippen LogP contribution in [0.15, 0.2) is 23.6 Å². The molecular formula is C11H12N2O4S. The van der Waals surface area contributed by atoms with Gasteiger partial charge in [-0.25, -0.2) is 4.79 Å². The third-order valence-corrected chi connectivity index (χ3v) is 3.02. The lowest BCUT2D eigenvalue weighted by atomic mass is 10.3. The second-order valence-corrected chi connectivity index (χ2v) is 4.27. The molecule has 18 heavy (non-hydrogen) atoms. The van der Waals surface area contributed by atoms with Crippen LogP contribution in [0, 0.1) is 0 Å². The van der Waals surface area contributed by atoms with Crippen molar-refractivity contribution in [1.29, 1.82) is 0 Å². The van der Waals surface area contributed by atoms with Gasteiger partial charge in [0.25, 0.3) is 11.8 Å². The summed E-state index contributed by atoms with van der Waals surface area (Å²) in [4.78, 5) is 33.8. The number of carbonyl (C=O) groups excluding carboxylic acids is 2. The van der Waals surface area contributed by atoms with Crippen LogP contribution in [0.25, 0.3) is 0 Å². The third-order valence-electron chi connectivity index (χ3n) is 1.94. The van der Waals surface area contributed by atoms with Gasteiger partial charge in [0.1, 0.15) is 0 Å². The van der Waals surface area contributed by atoms with Gasteiger partial charge in [-0.1, -0.05) is 6.92 Å². The first-order valence-corrected chi connectivity index (χ1v) is 5.99. The molecule has 0 saturated carbocycles. The highest BCUT2D eigenvalue weighted by Crippen LogP contribution is 2.14. The summed E-state index contributed by atoms with van der Waals surface area (Å²) in [5.41, 5.74) is 4.72. The molecule has 0 atom stereocenters. The molecule has 7 heteroatoms. The van der Waals surface area contributed by atoms with E-state index >= 15 is 0 Å². The summed E-state index contributed by atoms with van der Waals surface area (Å²) in [6.45, 7) is 1.98. The molecule has 0 saturated heterocycles. The molecule has 1 heterocycles. The highest BCUT2D eigenvalue weighted by molar-refractivity contribution is 7.10. The van der Waals surface area contributed by atoms with Crippen LogP contribution in [0.2, 0.25) is 0 Å². The molecule has 0 spiro atoms. The van der Waals surface area contributed by atoms with Crippen LogP contribution >= 0.6 is 11.3 Å². The number of carboxylic acid groups (broad SMARTS) is 1. The number of nitrogens with one attached hydrogen (secondary N) is 2. The van der Waals surface area contributed by atoms with Gasteiger partial charge in [0.2, 0.25) is 0 Å². The molecule has 6 nitrogen and oxygen atoms in total. The number of hydrogen-bond donors (Lipinski definition) is 3. The van der Waals surface area contributed by atoms with Crippen molar-refractivity contribution in [2.24, 2.45) is 0 Å². The molecule has 0 aliphatic heterocycles. The van der Waals surface area contributed by atoms with E-state index in [1.54, 1.807) is 11.4 Å². The Hall–Kier alpha value is -2.15. The minimum absolute atomic E-state index is 0.442. The van der Waals surface area contributed by atoms with Crippen LogP contribution in [-0.4, -0.2) is 22.9 Å². The van der Waals surface area contributed by atoms with E-state index in [-0.39, 0.29) is 0 Å². The Morgan fingerprint density at radius 1 is 1.33 bits per heavy atom. The zero-order valence-corrected chi connectivity index (χ0v) is 10.4. The van der Waals surface area contributed by atoms with Gasteiger partial charge in [-0.2, -0.15) is 0 Å². The maximum absolute atomic E-state index is 11.6. The summed E-state index contributed by atoms with van der Waals surface area (Å²) in [6, 6.07) is 1.74. The maximum Gasteiger partial charge on any atom is 0.328 e. The van der Waals surface area contributed by atoms with Crippen LogP contribution in [0.4, 0.5) is 0 Å². The molecule has 0 aliphatic rings. The first-order valence-electron chi connectivity index (χ1n) is 5.11. The second kappa shape index (κ2) is 6.55. The largest absolute Gasteiger partial charge is 0.478 e. The van der Waals surface area contributed by atoms with E-state index in [9.17, 15) is 14.4 Å². The summed E-state index contributed by atoms with van der Waals surface area (Å²) in [5.74, 6) is -2.39. The van der Waals surface area contributed by atoms with E-state index in [0.29, 0.717) is 11.6 Å². The standard InChI is InChI=1S/C11H12N2O4S/c1-2-8-5-7(6-18-8)11(17)13-12-9(14)3-4-10(15)16/h3-6H,2H2,1H3,(H,12,14)(H,13,17)(H,15,16)/b4-3+. The lowest BCUT2D eigenvalue weighted by molar-refractivity contribution is -0.131. The number of hydrazine groups is 1. The SMILES string of the molecule is CCc1cc(C(=O)NNC(=O)/C=C/C(=O)O)cs1. The van der Waals surface area contributed by atoms with Gasteiger partial charge in [0.05, 0.1) is 5.56 Å². The van der Waals surface area contributed by atoms with Gasteiger partial charge < -0.3 is 5.11 Å². The average Bonchev–Trinajstić information content (AvgIpc) is 2.82. The van der Waals surface area contributed by atoms with Crippen molar-refractivity contribution in [3.63, 3.8) is 0 Å². The van der Waals surface area contributed by atoms with Crippen LogP contribution in [-0.2, 0) is 16.0 Å². The molecule has 0 unspecified atom stereocenters. The molecule has 2 amide bonds. The summed E-state index contributed by atoms with van der Waals surface area (Å²) in [5, 5.41) is 9.98. The van der Waals surface area contributed by atoms with Gasteiger partial charge in [-0.05, 0) is 12.5 Å². The highest BCUT2D eigenvalue weighted by Gasteiger charge is 2.08. The number of thiophene rings is 1. The van der Waals surface area contributed by atoms with Crippen molar-refractivity contribution in [1.82, 2.24) is 10.9 Å². The second-order valence-electron chi connectivity index (χ2n) is 3.27. The van der Waals surface area contributed by atoms with Gasteiger partial charge in [0.15, 0.2) is 0 Å². The predicted molar refractivity (Wildman–Crippen MR) is 66.1 cm³/mol. The van der Waals surface area contributed by atoms with Crippen LogP contribution < -0.4 is 10.9 Å². The molecule has 0 aromatic carbocycles. The minimum atomic E-state index is -1.23. The van der Waals surface area contributed by atoms with E-state index in [4.69, 9.17) is 5.11 Å². The van der Waals surface area contributed by atoms with Crippen molar-refractivity contribution in [2.75, 3.05) is 0 Å². The van der Waals surface area contributed by atoms with Crippen molar-refractivity contribution < 1.29 is 19.5 Å². The Morgan fingerprint density at radius 3 is 2.61 bits per heavy atom. The van der Waals surface area contributed by atoms with E-state index in [2.05, 4.69) is 10.9 Å². The number of carbonyl (C=O) groups is 3. The molecule has 0 radical (unpaired) electrons. The molecule has 0 bridgehead atoms. The molecule has 0 fully saturated rings. The maximum atomic E-state index is 11.6. The zero-order valence-electron chi connectivity index (χ0n) is 9.60. The number of hydrogen-bond acceptors (Lipinski definition) is 4. The first kappa shape index (κ1) is 13.9. The van der Waals surface area contributed by atoms with Crippen LogP contribution in [0.3, 0.4) is 0 Å². The lowest BCUT2D eigenvalue weighted by Crippen LogP contribution is -2.40. The van der Waals surface area contributed by atoms with E-state index < -0.39 is 17.8 Å². The monoisotopic (exact) mass is 268 g/mol. The fraction of sp³-hybridized carbons (Fsp3) is 0.182. The van der Waals surface area contributed by atoms with Crippen molar-refractivity contribution >= 4 is 29.1 Å². The number of aryl methyl sites for hydroxylation is 1. The van der Waals surface area contributed by atoms with Gasteiger partial charge in [0, 0.05) is 22.4 Å². The fourth-order valence-electron chi connectivity index (χ4n) is 1.06. The molecule has 1 rings (SSSR count). The summed E-state index contributed by atoms with van der Waals surface area (Å²) < 4.78 is 0. The van der Waals surface area contributed by atoms with E-state index in [0.717, 1.165) is 17.4 Å². The van der Waals surface area contributed by atoms with Crippen molar-refractivity contribution in [2.45, 2.75) is 13.3 Å². The Kier molecular flexibility index (Phi) is 5.06. The van der Waals surface area contributed by atoms with Gasteiger partial charge in [-0.3, -0.25) is 20.4 Å². The topological polar surface area (TPSA) is 95.5 Å². The summed E-state index contributed by atoms with van der Waals surface area (Å²) >= 11 is 1.46. The quantitative estimate of drug-likeness (QED) is 0.553. The number of carboxylic acids is 1. The normalized spacial score (nSPS) is 10.3. The van der Waals surface area contributed by atoms with E-state index in [1.807, 2.05) is 6.92 Å². The van der Waals surface area contributed by atoms with Gasteiger partial charge in [-0.15, -0.1) is 11.3 Å². The number of aliphatic carboxylic acids is 1. The summed E-state index contributed by atoms with van der Waals surface area (Å²) in [6.07, 6.45) is 2.33. The number of amides is 2. The predicted octanol–water partition coefficient (Wildman–Crippen LogP) is 0.712. The van der Waals surface area contributed by atoms with Crippen molar-refractivity contribution in [3.05, 3.63) is 34.0 Å². The lowest BCUT2D eigenvalue weighted by Gasteiger charge is -2.02. The minimum Gasteiger partial charge on any atom is -0.478 e. The average molecular weight is 268 g/mol. The van der Waals surface area contributed by atoms with Crippen LogP contribution in [0.5, 0.6) is 0 Å². The Labute approximate surface area is 107 Å². The van der Waals surface area contributed by atoms with Gasteiger partial charge >= 0.3 is 5.97 Å². The van der Waals surface area contributed by atoms with Crippen LogP contribution in [0.1, 0.15) is 22.2 Å². The smallest absolute Gasteiger partial charge is 0.328 e. The third kappa shape index (κ3) is 4.38.